The molecule has 0 aliphatic rings. The van der Waals surface area contributed by atoms with E-state index in [9.17, 15) is 0 Å². The van der Waals surface area contributed by atoms with Crippen LogP contribution in [0.4, 0.5) is 0 Å². The van der Waals surface area contributed by atoms with Gasteiger partial charge in [0, 0.05) is 52.3 Å². The largest absolute Gasteiger partial charge is 0.456 e. The summed E-state index contributed by atoms with van der Waals surface area (Å²) < 4.78 is 6.22. The molecular formula is C38H24N4O. The molecule has 8 aromatic rings. The molecule has 4 aromatic heterocycles. The lowest BCUT2D eigenvalue weighted by Crippen LogP contribution is -1.96. The lowest BCUT2D eigenvalue weighted by atomic mass is 9.95. The van der Waals surface area contributed by atoms with Crippen LogP contribution in [0.3, 0.4) is 0 Å². The van der Waals surface area contributed by atoms with Gasteiger partial charge in [-0.1, -0.05) is 54.6 Å². The highest BCUT2D eigenvalue weighted by molar-refractivity contribution is 6.05. The summed E-state index contributed by atoms with van der Waals surface area (Å²) in [5.41, 5.74) is 10.6. The Labute approximate surface area is 248 Å². The number of aromatic nitrogens is 4. The summed E-state index contributed by atoms with van der Waals surface area (Å²) in [4.78, 5) is 18.6. The van der Waals surface area contributed by atoms with Gasteiger partial charge in [0.25, 0.3) is 0 Å². The van der Waals surface area contributed by atoms with E-state index >= 15 is 0 Å². The van der Waals surface area contributed by atoms with Crippen molar-refractivity contribution >= 4 is 21.9 Å². The molecule has 5 heteroatoms. The molecule has 4 aromatic carbocycles. The van der Waals surface area contributed by atoms with E-state index in [4.69, 9.17) is 14.4 Å². The van der Waals surface area contributed by atoms with Crippen molar-refractivity contribution in [3.05, 3.63) is 146 Å². The highest BCUT2D eigenvalue weighted by Crippen LogP contribution is 2.36. The summed E-state index contributed by atoms with van der Waals surface area (Å²) in [5, 5.41) is 2.19. The molecule has 0 spiro atoms. The smallest absolute Gasteiger partial charge is 0.160 e. The quantitative estimate of drug-likeness (QED) is 0.213. The summed E-state index contributed by atoms with van der Waals surface area (Å²) in [6.07, 6.45) is 7.27. The number of hydrogen-bond acceptors (Lipinski definition) is 5. The van der Waals surface area contributed by atoms with E-state index in [1.54, 1.807) is 0 Å². The average molecular weight is 553 g/mol. The van der Waals surface area contributed by atoms with Crippen LogP contribution in [0.1, 0.15) is 0 Å². The molecule has 0 aliphatic carbocycles. The third kappa shape index (κ3) is 4.73. The molecule has 0 fully saturated rings. The molecule has 8 rings (SSSR count). The summed E-state index contributed by atoms with van der Waals surface area (Å²) in [5.74, 6) is 0.664. The number of fused-ring (bicyclic) bond motifs is 3. The monoisotopic (exact) mass is 552 g/mol. The predicted octanol–water partition coefficient (Wildman–Crippen LogP) is 9.50. The number of furan rings is 1. The van der Waals surface area contributed by atoms with Crippen molar-refractivity contribution in [1.82, 2.24) is 19.9 Å². The molecule has 0 atom stereocenters. The maximum atomic E-state index is 6.22. The van der Waals surface area contributed by atoms with E-state index in [1.807, 2.05) is 97.6 Å². The van der Waals surface area contributed by atoms with Crippen LogP contribution in [-0.4, -0.2) is 19.9 Å². The van der Waals surface area contributed by atoms with Gasteiger partial charge in [-0.25, -0.2) is 9.97 Å². The fourth-order valence-corrected chi connectivity index (χ4v) is 5.54. The molecule has 4 heterocycles. The van der Waals surface area contributed by atoms with E-state index in [2.05, 4.69) is 58.5 Å². The third-order valence-electron chi connectivity index (χ3n) is 7.69. The Balaban J connectivity index is 1.34. The van der Waals surface area contributed by atoms with Crippen LogP contribution in [0.25, 0.3) is 78.1 Å². The summed E-state index contributed by atoms with van der Waals surface area (Å²) in [7, 11) is 0. The molecular weight excluding hydrogens is 528 g/mol. The molecule has 0 bridgehead atoms. The van der Waals surface area contributed by atoms with Gasteiger partial charge in [-0.05, 0) is 89.0 Å². The number of hydrogen-bond donors (Lipinski definition) is 0. The van der Waals surface area contributed by atoms with Crippen molar-refractivity contribution in [1.29, 1.82) is 0 Å². The number of para-hydroxylation sites is 1. The highest BCUT2D eigenvalue weighted by atomic mass is 16.3. The second kappa shape index (κ2) is 10.5. The van der Waals surface area contributed by atoms with E-state index in [0.29, 0.717) is 5.82 Å². The molecule has 0 saturated heterocycles. The molecule has 43 heavy (non-hydrogen) atoms. The van der Waals surface area contributed by atoms with Crippen molar-refractivity contribution in [3.63, 3.8) is 0 Å². The number of benzene rings is 4. The summed E-state index contributed by atoms with van der Waals surface area (Å²) >= 11 is 0. The van der Waals surface area contributed by atoms with E-state index < -0.39 is 0 Å². The zero-order chi connectivity index (χ0) is 28.6. The molecule has 0 amide bonds. The summed E-state index contributed by atoms with van der Waals surface area (Å²) in [6, 6.07) is 41.3. The van der Waals surface area contributed by atoms with E-state index in [0.717, 1.165) is 72.3 Å². The molecule has 0 saturated carbocycles. The van der Waals surface area contributed by atoms with Crippen LogP contribution in [-0.2, 0) is 0 Å². The maximum Gasteiger partial charge on any atom is 0.160 e. The SMILES string of the molecule is c1ccc(-c2nc(-c3cc(-c4ccncc4)cc(-c4ccncc4)c3)cc(-c3ccc4c(c3)oc3ccccc34)n2)cc1. The Morgan fingerprint density at radius 1 is 0.372 bits per heavy atom. The zero-order valence-corrected chi connectivity index (χ0v) is 23.1. The first-order chi connectivity index (χ1) is 21.3. The lowest BCUT2D eigenvalue weighted by molar-refractivity contribution is 0.669. The van der Waals surface area contributed by atoms with E-state index in [1.165, 1.54) is 0 Å². The van der Waals surface area contributed by atoms with Gasteiger partial charge in [0.05, 0.1) is 11.4 Å². The molecule has 202 valence electrons. The first-order valence-electron chi connectivity index (χ1n) is 14.1. The second-order valence-corrected chi connectivity index (χ2v) is 10.4. The Morgan fingerprint density at radius 3 is 1.65 bits per heavy atom. The van der Waals surface area contributed by atoms with Gasteiger partial charge in [0.1, 0.15) is 11.2 Å². The third-order valence-corrected chi connectivity index (χ3v) is 7.69. The molecule has 0 unspecified atom stereocenters. The van der Waals surface area contributed by atoms with Crippen molar-refractivity contribution in [2.24, 2.45) is 0 Å². The standard InChI is InChI=1S/C38H24N4O/c1-2-6-27(7-3-1)38-41-34(28-10-11-33-32-8-4-5-9-36(32)43-37(33)23-28)24-35(42-38)31-21-29(25-12-16-39-17-13-25)20-30(22-31)26-14-18-40-19-15-26/h1-24H. The predicted molar refractivity (Wildman–Crippen MR) is 172 cm³/mol. The van der Waals surface area contributed by atoms with Crippen LogP contribution < -0.4 is 0 Å². The minimum Gasteiger partial charge on any atom is -0.456 e. The Bertz CT molecular complexity index is 2170. The van der Waals surface area contributed by atoms with Crippen LogP contribution in [0, 0.1) is 0 Å². The zero-order valence-electron chi connectivity index (χ0n) is 23.1. The number of nitrogens with zero attached hydrogens (tertiary/aromatic N) is 4. The van der Waals surface area contributed by atoms with Crippen LogP contribution >= 0.6 is 0 Å². The topological polar surface area (TPSA) is 64.7 Å². The van der Waals surface area contributed by atoms with Gasteiger partial charge < -0.3 is 4.42 Å². The first kappa shape index (κ1) is 24.8. The lowest BCUT2D eigenvalue weighted by Gasteiger charge is -2.13. The van der Waals surface area contributed by atoms with Crippen molar-refractivity contribution in [3.8, 4) is 56.2 Å². The van der Waals surface area contributed by atoms with Crippen molar-refractivity contribution in [2.75, 3.05) is 0 Å². The van der Waals surface area contributed by atoms with E-state index in [-0.39, 0.29) is 0 Å². The minimum absolute atomic E-state index is 0.664. The van der Waals surface area contributed by atoms with Gasteiger partial charge >= 0.3 is 0 Å². The number of rotatable bonds is 5. The molecule has 0 N–H and O–H groups in total. The molecule has 0 aliphatic heterocycles. The average Bonchev–Trinajstić information content (AvgIpc) is 3.47. The Hall–Kier alpha value is -5.94. The maximum absolute atomic E-state index is 6.22. The normalized spacial score (nSPS) is 11.3. The van der Waals surface area contributed by atoms with Crippen molar-refractivity contribution in [2.45, 2.75) is 0 Å². The van der Waals surface area contributed by atoms with Crippen LogP contribution in [0.15, 0.2) is 151 Å². The molecule has 5 nitrogen and oxygen atoms in total. The summed E-state index contributed by atoms with van der Waals surface area (Å²) in [6.45, 7) is 0. The van der Waals surface area contributed by atoms with Gasteiger partial charge in [0.15, 0.2) is 5.82 Å². The molecule has 0 radical (unpaired) electrons. The van der Waals surface area contributed by atoms with Gasteiger partial charge in [0.2, 0.25) is 0 Å². The fourth-order valence-electron chi connectivity index (χ4n) is 5.54. The first-order valence-corrected chi connectivity index (χ1v) is 14.1. The Morgan fingerprint density at radius 2 is 0.953 bits per heavy atom. The van der Waals surface area contributed by atoms with Gasteiger partial charge in [-0.15, -0.1) is 0 Å². The Kier molecular flexibility index (Phi) is 6.05. The number of pyridine rings is 2. The van der Waals surface area contributed by atoms with Crippen LogP contribution in [0.2, 0.25) is 0 Å². The minimum atomic E-state index is 0.664. The van der Waals surface area contributed by atoms with Crippen molar-refractivity contribution < 1.29 is 4.42 Å². The van der Waals surface area contributed by atoms with Gasteiger partial charge in [-0.3, -0.25) is 9.97 Å². The van der Waals surface area contributed by atoms with Gasteiger partial charge in [-0.2, -0.15) is 0 Å². The van der Waals surface area contributed by atoms with Crippen LogP contribution in [0.5, 0.6) is 0 Å². The fraction of sp³-hybridized carbons (Fsp3) is 0. The second-order valence-electron chi connectivity index (χ2n) is 10.4. The highest BCUT2D eigenvalue weighted by Gasteiger charge is 2.15.